The van der Waals surface area contributed by atoms with Gasteiger partial charge < -0.3 is 114 Å². The molecule has 710 valence electrons. The van der Waals surface area contributed by atoms with Crippen LogP contribution in [0.25, 0.3) is 0 Å². The van der Waals surface area contributed by atoms with Crippen molar-refractivity contribution < 1.29 is 214 Å². The van der Waals surface area contributed by atoms with Crippen LogP contribution in [0.5, 0.6) is 0 Å². The van der Waals surface area contributed by atoms with Crippen molar-refractivity contribution in [2.45, 2.75) is 185 Å². The molecule has 0 fully saturated rings. The lowest BCUT2D eigenvalue weighted by atomic mass is 10.3. The van der Waals surface area contributed by atoms with Crippen LogP contribution >= 0.6 is 35.3 Å². The van der Waals surface area contributed by atoms with E-state index in [0.29, 0.717) is 76.1 Å². The van der Waals surface area contributed by atoms with Gasteiger partial charge in [-0.1, -0.05) is 39.5 Å². The highest BCUT2D eigenvalue weighted by atomic mass is 32.2. The minimum absolute atomic E-state index is 0.00264. The number of hydrogen-bond acceptors (Lipinski definition) is 48. The summed E-state index contributed by atoms with van der Waals surface area (Å²) in [7, 11) is 1.23. The Morgan fingerprint density at radius 3 is 0.826 bits per heavy atom. The summed E-state index contributed by atoms with van der Waals surface area (Å²) in [6, 6.07) is 0. The highest BCUT2D eigenvalue weighted by Gasteiger charge is 2.06. The number of methoxy groups -OCH3 is 1. The third kappa shape index (κ3) is 211. The fourth-order valence-electron chi connectivity index (χ4n) is 3.49. The van der Waals surface area contributed by atoms with E-state index in [9.17, 15) is 101 Å². The molecule has 0 aromatic heterocycles. The van der Waals surface area contributed by atoms with Gasteiger partial charge in [-0.05, 0) is 53.6 Å². The second kappa shape index (κ2) is 117. The van der Waals surface area contributed by atoms with Crippen LogP contribution in [0.3, 0.4) is 0 Å². The molecule has 0 saturated heterocycles. The lowest BCUT2D eigenvalue weighted by Crippen LogP contribution is -2.15. The Morgan fingerprint density at radius 2 is 0.512 bits per heavy atom. The first-order chi connectivity index (χ1) is 56.6. The van der Waals surface area contributed by atoms with Gasteiger partial charge in [0.15, 0.2) is 57.7 Å². The standard InChI is InChI=1S/C7H12O5.C7H12O4.C6H12O4.2C6H10O4.C6H12O3S.C6H10O3.2C5H8O4.C5H8O3.C5H10O3.C5H10O2S.C4H8O2S/c1-3-10-4-7(9)12-5-11-6(2)8;1-3-7(9)4-10-5-11-6(2)8;1-3-8-4-9-5-10-6(2)7;1-3-9-6(8)4-10-5(2)7;1-3-6(8)10-4-9-5(2)7;1-3-8-4-10-5-9-6(2)7;1-3-6(8)4-9-5(2)7;1-4(6)9-3-5(7)8-2;1-4(6)8-3-9-5(2)7;1-4(6)3-8-5(2)7;1-3-7-4-8-5(2)6;1-3-8-4-7-5(2)6;1-4(5)6-3-7-2/h3-5H2,1-2H3;3-5H2,1-2H3;3-5H2,1-2H3;2*3-4H2,1-2H3;3-5H2,1-2H3;3-4H2,1-2H3;2*3H2,1-2H3;3H2,1-2H3;2*3-4H2,1-2H3;3H2,1-2H3. The van der Waals surface area contributed by atoms with Crippen molar-refractivity contribution >= 4 is 160 Å². The lowest BCUT2D eigenvalue weighted by molar-refractivity contribution is -0.169. The summed E-state index contributed by atoms with van der Waals surface area (Å²) in [4.78, 5) is 214. The first-order valence-electron chi connectivity index (χ1n) is 35.6. The third-order valence-electron chi connectivity index (χ3n) is 8.75. The van der Waals surface area contributed by atoms with E-state index in [1.54, 1.807) is 46.4 Å². The zero-order valence-corrected chi connectivity index (χ0v) is 76.9. The lowest BCUT2D eigenvalue weighted by Gasteiger charge is -2.03. The van der Waals surface area contributed by atoms with Gasteiger partial charge in [0.25, 0.3) is 0 Å². The minimum atomic E-state index is -0.551. The fourth-order valence-corrected chi connectivity index (χ4v) is 4.79. The maximum absolute atomic E-state index is 10.6. The quantitative estimate of drug-likeness (QED) is 0.0290. The van der Waals surface area contributed by atoms with E-state index >= 15 is 0 Å². The van der Waals surface area contributed by atoms with E-state index in [0.717, 1.165) is 5.75 Å². The predicted molar refractivity (Wildman–Crippen MR) is 428 cm³/mol. The molecule has 0 rings (SSSR count). The molecular formula is C73H130O45S3. The molecule has 0 aromatic rings. The van der Waals surface area contributed by atoms with Crippen molar-refractivity contribution in [1.82, 2.24) is 0 Å². The van der Waals surface area contributed by atoms with Crippen molar-refractivity contribution in [3.63, 3.8) is 0 Å². The zero-order valence-electron chi connectivity index (χ0n) is 74.5. The van der Waals surface area contributed by atoms with Gasteiger partial charge in [-0.3, -0.25) is 86.3 Å². The number of thioether (sulfide) groups is 3. The van der Waals surface area contributed by atoms with Crippen molar-refractivity contribution in [2.75, 3.05) is 163 Å². The normalized spacial score (nSPS) is 8.78. The summed E-state index contributed by atoms with van der Waals surface area (Å²) in [5.41, 5.74) is 0. The van der Waals surface area contributed by atoms with Gasteiger partial charge in [0.2, 0.25) is 20.4 Å². The number of ketones is 3. The molecule has 0 bridgehead atoms. The van der Waals surface area contributed by atoms with E-state index in [4.69, 9.17) is 28.4 Å². The molecule has 0 aliphatic heterocycles. The molecule has 121 heavy (non-hydrogen) atoms. The minimum Gasteiger partial charge on any atom is -0.466 e. The Labute approximate surface area is 720 Å². The number of ether oxygens (including phenoxy) is 24. The van der Waals surface area contributed by atoms with E-state index in [2.05, 4.69) is 85.3 Å². The first kappa shape index (κ1) is 140. The smallest absolute Gasteiger partial charge is 0.344 e. The number of Topliss-reactive ketones (excluding diaryl/α,β-unsaturated/α-hetero) is 3. The van der Waals surface area contributed by atoms with E-state index in [-0.39, 0.29) is 140 Å². The van der Waals surface area contributed by atoms with Gasteiger partial charge in [-0.25, -0.2) is 14.4 Å². The van der Waals surface area contributed by atoms with Crippen molar-refractivity contribution in [1.29, 1.82) is 0 Å². The monoisotopic (exact) mass is 1820 g/mol. The van der Waals surface area contributed by atoms with Crippen LogP contribution in [0.4, 0.5) is 0 Å². The van der Waals surface area contributed by atoms with Crippen LogP contribution in [-0.4, -0.2) is 288 Å². The molecule has 0 amide bonds. The Morgan fingerprint density at radius 1 is 0.215 bits per heavy atom. The molecule has 0 N–H and O–H groups in total. The maximum Gasteiger partial charge on any atom is 0.344 e. The summed E-state index contributed by atoms with van der Waals surface area (Å²) >= 11 is 4.52. The highest BCUT2D eigenvalue weighted by molar-refractivity contribution is 7.99. The zero-order chi connectivity index (χ0) is 96.6. The summed E-state index contributed by atoms with van der Waals surface area (Å²) < 4.78 is 108. The highest BCUT2D eigenvalue weighted by Crippen LogP contribution is 2.01. The Kier molecular flexibility index (Phi) is 135. The SMILES string of the molecule is CC(=O)COC(C)=O.CC(=O)OCOC(C)=O.CCC(=O)COC(C)=O.CCC(=O)COCOC(C)=O.CCC(=O)OCOC(C)=O.CCOC(=O)COC(C)=O.CCOCC(=O)OCOC(C)=O.CCOCOC(C)=O.CCOCOCOC(C)=O.CCOCSCOC(C)=O.CCSCOC(C)=O.COC(=O)COC(C)=O.CSCOC(C)=O. The van der Waals surface area contributed by atoms with E-state index < -0.39 is 71.6 Å². The number of carbonyl (C=O) groups excluding carboxylic acids is 21. The molecule has 0 radical (unpaired) electrons. The van der Waals surface area contributed by atoms with Crippen LogP contribution in [0.15, 0.2) is 0 Å². The summed E-state index contributed by atoms with van der Waals surface area (Å²) in [6.07, 6.45) is 3.04. The largest absolute Gasteiger partial charge is 0.466 e. The van der Waals surface area contributed by atoms with Gasteiger partial charge in [-0.2, -0.15) is 0 Å². The van der Waals surface area contributed by atoms with Gasteiger partial charge in [0.05, 0.1) is 19.7 Å². The van der Waals surface area contributed by atoms with Crippen LogP contribution in [0.1, 0.15) is 185 Å². The third-order valence-corrected chi connectivity index (χ3v) is 10.4. The molecule has 0 spiro atoms. The van der Waals surface area contributed by atoms with Crippen molar-refractivity contribution in [3.05, 3.63) is 0 Å². The number of carbonyl (C=O) groups is 21. The number of esters is 18. The molecule has 0 heterocycles. The van der Waals surface area contributed by atoms with Crippen LogP contribution in [0.2, 0.25) is 0 Å². The maximum atomic E-state index is 10.6. The summed E-state index contributed by atoms with van der Waals surface area (Å²) in [5.74, 6) is -4.63. The molecule has 0 aliphatic rings. The van der Waals surface area contributed by atoms with Crippen LogP contribution in [0, 0.1) is 0 Å². The van der Waals surface area contributed by atoms with Gasteiger partial charge >= 0.3 is 107 Å². The van der Waals surface area contributed by atoms with Gasteiger partial charge in [0.1, 0.15) is 44.2 Å². The van der Waals surface area contributed by atoms with E-state index in [1.165, 1.54) is 134 Å². The molecule has 45 nitrogen and oxygen atoms in total. The molecule has 0 unspecified atom stereocenters. The Bertz CT molecular complexity index is 2630. The average Bonchev–Trinajstić information content (AvgIpc) is 1.10. The van der Waals surface area contributed by atoms with Crippen LogP contribution in [-0.2, 0) is 214 Å². The molecule has 48 heteroatoms. The summed E-state index contributed by atoms with van der Waals surface area (Å²) in [6.45, 7) is 36.6. The first-order valence-corrected chi connectivity index (χ1v) is 39.3. The van der Waals surface area contributed by atoms with Gasteiger partial charge in [0, 0.05) is 143 Å². The molecule has 0 atom stereocenters. The molecule has 0 aromatic carbocycles. The van der Waals surface area contributed by atoms with Crippen molar-refractivity contribution in [3.8, 4) is 0 Å². The Balaban J connectivity index is -0.0000000951. The van der Waals surface area contributed by atoms with Crippen molar-refractivity contribution in [2.24, 2.45) is 0 Å². The molecular weight excluding hydrogens is 1690 g/mol. The second-order valence-electron chi connectivity index (χ2n) is 19.7. The summed E-state index contributed by atoms with van der Waals surface area (Å²) in [5, 5.41) is 0. The second-order valence-corrected chi connectivity index (χ2v) is 22.6. The van der Waals surface area contributed by atoms with E-state index in [1.807, 2.05) is 34.0 Å². The molecule has 0 saturated carbocycles. The topological polar surface area (TPSA) is 580 Å². The van der Waals surface area contributed by atoms with Gasteiger partial charge in [-0.15, -0.1) is 23.5 Å². The average molecular weight is 1820 g/mol. The number of rotatable bonds is 43. The predicted octanol–water partition coefficient (Wildman–Crippen LogP) is 6.05. The number of hydrogen-bond donors (Lipinski definition) is 0. The Hall–Kier alpha value is -9.72. The molecule has 0 aliphatic carbocycles. The van der Waals surface area contributed by atoms with Crippen LogP contribution < -0.4 is 0 Å². The fraction of sp³-hybridized carbons (Fsp3) is 0.712.